The molecule has 4 nitrogen and oxygen atoms in total. The van der Waals surface area contributed by atoms with Gasteiger partial charge < -0.3 is 15.2 Å². The number of carbonyl (C=O) groups excluding carboxylic acids is 1. The Labute approximate surface area is 75.2 Å². The summed E-state index contributed by atoms with van der Waals surface area (Å²) < 4.78 is 10.2. The van der Waals surface area contributed by atoms with Gasteiger partial charge in [-0.25, -0.2) is 0 Å². The average Bonchev–Trinajstić information content (AvgIpc) is 2.63. The predicted octanol–water partition coefficient (Wildman–Crippen LogP) is 0.557. The van der Waals surface area contributed by atoms with E-state index >= 15 is 0 Å². The third kappa shape index (κ3) is 1.36. The van der Waals surface area contributed by atoms with Crippen LogP contribution in [-0.4, -0.2) is 19.1 Å². The van der Waals surface area contributed by atoms with Crippen molar-refractivity contribution in [3.8, 4) is 11.5 Å². The lowest BCUT2D eigenvalue weighted by atomic mass is 10.1. The lowest BCUT2D eigenvalue weighted by Crippen LogP contribution is -2.13. The van der Waals surface area contributed by atoms with Crippen molar-refractivity contribution in [1.29, 1.82) is 0 Å². The number of hydrogen-bond acceptors (Lipinski definition) is 4. The third-order valence-electron chi connectivity index (χ3n) is 1.88. The first-order valence-electron chi connectivity index (χ1n) is 3.94. The monoisotopic (exact) mass is 179 g/mol. The van der Waals surface area contributed by atoms with Gasteiger partial charge in [-0.2, -0.15) is 0 Å². The molecule has 13 heavy (non-hydrogen) atoms. The molecular weight excluding hydrogens is 170 g/mol. The van der Waals surface area contributed by atoms with Gasteiger partial charge in [0.2, 0.25) is 6.79 Å². The summed E-state index contributed by atoms with van der Waals surface area (Å²) in [6.45, 7) is 0.231. The molecule has 1 heterocycles. The zero-order valence-corrected chi connectivity index (χ0v) is 6.95. The van der Waals surface area contributed by atoms with Crippen LogP contribution in [0.15, 0.2) is 18.2 Å². The van der Waals surface area contributed by atoms with E-state index in [1.54, 1.807) is 18.2 Å². The van der Waals surface area contributed by atoms with E-state index < -0.39 is 0 Å². The molecule has 4 heteroatoms. The van der Waals surface area contributed by atoms with Crippen LogP contribution in [0.3, 0.4) is 0 Å². The highest BCUT2D eigenvalue weighted by atomic mass is 16.7. The Morgan fingerprint density at radius 3 is 2.92 bits per heavy atom. The van der Waals surface area contributed by atoms with Crippen molar-refractivity contribution in [3.63, 3.8) is 0 Å². The van der Waals surface area contributed by atoms with Crippen molar-refractivity contribution in [3.05, 3.63) is 23.8 Å². The second-order valence-corrected chi connectivity index (χ2v) is 2.70. The van der Waals surface area contributed by atoms with Gasteiger partial charge in [0.15, 0.2) is 17.3 Å². The van der Waals surface area contributed by atoms with Crippen LogP contribution in [0.5, 0.6) is 11.5 Å². The molecule has 0 spiro atoms. The molecule has 2 N–H and O–H groups in total. The van der Waals surface area contributed by atoms with E-state index in [2.05, 4.69) is 0 Å². The molecule has 0 fully saturated rings. The SMILES string of the molecule is NCC(=O)c1ccc2c(c1)OCO2. The van der Waals surface area contributed by atoms with E-state index in [-0.39, 0.29) is 19.1 Å². The average molecular weight is 179 g/mol. The maximum absolute atomic E-state index is 11.2. The minimum absolute atomic E-state index is 0.0135. The van der Waals surface area contributed by atoms with E-state index in [0.29, 0.717) is 17.1 Å². The second-order valence-electron chi connectivity index (χ2n) is 2.70. The largest absolute Gasteiger partial charge is 0.454 e. The molecule has 0 atom stereocenters. The molecule has 0 unspecified atom stereocenters. The molecule has 0 aliphatic carbocycles. The Bertz CT molecular complexity index is 349. The zero-order valence-electron chi connectivity index (χ0n) is 6.95. The zero-order chi connectivity index (χ0) is 9.26. The summed E-state index contributed by atoms with van der Waals surface area (Å²) in [6, 6.07) is 5.05. The van der Waals surface area contributed by atoms with Crippen LogP contribution < -0.4 is 15.2 Å². The van der Waals surface area contributed by atoms with Gasteiger partial charge in [0, 0.05) is 5.56 Å². The van der Waals surface area contributed by atoms with Gasteiger partial charge in [0.05, 0.1) is 6.54 Å². The summed E-state index contributed by atoms with van der Waals surface area (Å²) in [5, 5.41) is 0. The van der Waals surface area contributed by atoms with Crippen molar-refractivity contribution in [2.45, 2.75) is 0 Å². The molecule has 0 saturated heterocycles. The summed E-state index contributed by atoms with van der Waals surface area (Å²) in [5.74, 6) is 1.19. The fourth-order valence-corrected chi connectivity index (χ4v) is 1.19. The Morgan fingerprint density at radius 2 is 2.15 bits per heavy atom. The molecule has 0 radical (unpaired) electrons. The second kappa shape index (κ2) is 3.06. The van der Waals surface area contributed by atoms with Gasteiger partial charge in [-0.05, 0) is 18.2 Å². The maximum Gasteiger partial charge on any atom is 0.231 e. The van der Waals surface area contributed by atoms with Crippen LogP contribution in [0.2, 0.25) is 0 Å². The van der Waals surface area contributed by atoms with Gasteiger partial charge >= 0.3 is 0 Å². The Balaban J connectivity index is 2.36. The first-order chi connectivity index (χ1) is 6.31. The first-order valence-corrected chi connectivity index (χ1v) is 3.94. The van der Waals surface area contributed by atoms with Crippen LogP contribution in [0.1, 0.15) is 10.4 Å². The molecule has 0 saturated carbocycles. The summed E-state index contributed by atoms with van der Waals surface area (Å²) >= 11 is 0. The summed E-state index contributed by atoms with van der Waals surface area (Å²) in [5.41, 5.74) is 5.79. The summed E-state index contributed by atoms with van der Waals surface area (Å²) in [6.07, 6.45) is 0. The van der Waals surface area contributed by atoms with Crippen LogP contribution in [0.25, 0.3) is 0 Å². The van der Waals surface area contributed by atoms with E-state index in [9.17, 15) is 4.79 Å². The highest BCUT2D eigenvalue weighted by Crippen LogP contribution is 2.32. The third-order valence-corrected chi connectivity index (χ3v) is 1.88. The molecule has 1 aliphatic rings. The molecule has 1 aromatic rings. The fraction of sp³-hybridized carbons (Fsp3) is 0.222. The van der Waals surface area contributed by atoms with E-state index in [1.165, 1.54) is 0 Å². The molecule has 0 bridgehead atoms. The van der Waals surface area contributed by atoms with Gasteiger partial charge in [-0.15, -0.1) is 0 Å². The quantitative estimate of drug-likeness (QED) is 0.674. The number of fused-ring (bicyclic) bond motifs is 1. The minimum atomic E-state index is -0.0988. The van der Waals surface area contributed by atoms with Crippen molar-refractivity contribution >= 4 is 5.78 Å². The Kier molecular flexibility index (Phi) is 1.90. The van der Waals surface area contributed by atoms with Gasteiger partial charge in [-0.3, -0.25) is 4.79 Å². The Hall–Kier alpha value is -1.55. The van der Waals surface area contributed by atoms with Gasteiger partial charge in [-0.1, -0.05) is 0 Å². The summed E-state index contributed by atoms with van der Waals surface area (Å²) in [7, 11) is 0. The first kappa shape index (κ1) is 8.07. The fourth-order valence-electron chi connectivity index (χ4n) is 1.19. The maximum atomic E-state index is 11.2. The number of nitrogens with two attached hydrogens (primary N) is 1. The highest BCUT2D eigenvalue weighted by molar-refractivity contribution is 5.98. The molecule has 0 aromatic heterocycles. The number of carbonyl (C=O) groups is 1. The van der Waals surface area contributed by atoms with Crippen molar-refractivity contribution < 1.29 is 14.3 Å². The van der Waals surface area contributed by atoms with E-state index in [1.807, 2.05) is 0 Å². The van der Waals surface area contributed by atoms with E-state index in [4.69, 9.17) is 15.2 Å². The van der Waals surface area contributed by atoms with Crippen molar-refractivity contribution in [1.82, 2.24) is 0 Å². The lowest BCUT2D eigenvalue weighted by molar-refractivity contribution is 0.100. The van der Waals surface area contributed by atoms with Crippen LogP contribution >= 0.6 is 0 Å². The predicted molar refractivity (Wildman–Crippen MR) is 45.9 cm³/mol. The highest BCUT2D eigenvalue weighted by Gasteiger charge is 2.15. The van der Waals surface area contributed by atoms with Crippen LogP contribution in [0.4, 0.5) is 0 Å². The summed E-state index contributed by atoms with van der Waals surface area (Å²) in [4.78, 5) is 11.2. The number of Topliss-reactive ketones (excluding diaryl/α,β-unsaturated/α-hetero) is 1. The minimum Gasteiger partial charge on any atom is -0.454 e. The lowest BCUT2D eigenvalue weighted by Gasteiger charge is -1.99. The molecule has 68 valence electrons. The van der Waals surface area contributed by atoms with E-state index in [0.717, 1.165) is 0 Å². The molecule has 0 amide bonds. The smallest absolute Gasteiger partial charge is 0.231 e. The molecule has 1 aromatic carbocycles. The number of hydrogen-bond donors (Lipinski definition) is 1. The van der Waals surface area contributed by atoms with Crippen molar-refractivity contribution in [2.24, 2.45) is 5.73 Å². The Morgan fingerprint density at radius 1 is 1.38 bits per heavy atom. The molecule has 1 aliphatic heterocycles. The standard InChI is InChI=1S/C9H9NO3/c10-4-7(11)6-1-2-8-9(3-6)13-5-12-8/h1-3H,4-5,10H2. The topological polar surface area (TPSA) is 61.6 Å². The molecular formula is C9H9NO3. The van der Waals surface area contributed by atoms with Crippen molar-refractivity contribution in [2.75, 3.05) is 13.3 Å². The molecule has 2 rings (SSSR count). The number of rotatable bonds is 2. The van der Waals surface area contributed by atoms with Crippen LogP contribution in [0, 0.1) is 0 Å². The van der Waals surface area contributed by atoms with Crippen LogP contribution in [-0.2, 0) is 0 Å². The number of ether oxygens (including phenoxy) is 2. The number of benzene rings is 1. The van der Waals surface area contributed by atoms with Gasteiger partial charge in [0.25, 0.3) is 0 Å². The normalized spacial score (nSPS) is 13.0. The van der Waals surface area contributed by atoms with Gasteiger partial charge in [0.1, 0.15) is 0 Å². The number of ketones is 1.